The van der Waals surface area contributed by atoms with Crippen LogP contribution in [-0.2, 0) is 6.54 Å². The number of rotatable bonds is 7. The van der Waals surface area contributed by atoms with E-state index in [4.69, 9.17) is 9.47 Å². The summed E-state index contributed by atoms with van der Waals surface area (Å²) in [5.41, 5.74) is 0.434. The maximum absolute atomic E-state index is 12.9. The largest absolute Gasteiger partial charge is 0.494 e. The quantitative estimate of drug-likeness (QED) is 0.416. The summed E-state index contributed by atoms with van der Waals surface area (Å²) in [4.78, 5) is 39.5. The van der Waals surface area contributed by atoms with Gasteiger partial charge in [-0.2, -0.15) is 0 Å². The molecule has 1 aromatic heterocycles. The number of aromatic amines is 1. The molecule has 0 aliphatic carbocycles. The first-order chi connectivity index (χ1) is 16.0. The van der Waals surface area contributed by atoms with Crippen LogP contribution in [0.1, 0.15) is 24.2 Å². The van der Waals surface area contributed by atoms with E-state index in [1.54, 1.807) is 55.5 Å². The van der Waals surface area contributed by atoms with Crippen molar-refractivity contribution in [3.05, 3.63) is 93.0 Å². The van der Waals surface area contributed by atoms with Crippen molar-refractivity contribution in [1.29, 1.82) is 0 Å². The third-order valence-corrected chi connectivity index (χ3v) is 5.05. The van der Waals surface area contributed by atoms with Gasteiger partial charge in [-0.25, -0.2) is 0 Å². The third kappa shape index (κ3) is 4.64. The second kappa shape index (κ2) is 9.44. The van der Waals surface area contributed by atoms with Crippen LogP contribution >= 0.6 is 0 Å². The van der Waals surface area contributed by atoms with Crippen molar-refractivity contribution in [3.8, 4) is 17.2 Å². The average molecular weight is 445 g/mol. The summed E-state index contributed by atoms with van der Waals surface area (Å²) in [6.07, 6.45) is 0. The van der Waals surface area contributed by atoms with E-state index in [9.17, 15) is 14.4 Å². The molecule has 0 spiro atoms. The van der Waals surface area contributed by atoms with E-state index in [-0.39, 0.29) is 5.91 Å². The van der Waals surface area contributed by atoms with Gasteiger partial charge in [-0.05, 0) is 68.4 Å². The zero-order valence-electron chi connectivity index (χ0n) is 18.3. The fourth-order valence-corrected chi connectivity index (χ4v) is 3.49. The number of para-hydroxylation sites is 2. The molecular weight excluding hydrogens is 422 g/mol. The highest BCUT2D eigenvalue weighted by molar-refractivity contribution is 6.06. The number of carbonyl (C=O) groups excluding carboxylic acids is 1. The summed E-state index contributed by atoms with van der Waals surface area (Å²) in [6.45, 7) is 4.62. The molecule has 0 unspecified atom stereocenters. The maximum atomic E-state index is 12.9. The Balaban J connectivity index is 1.59. The fraction of sp³-hybridized carbons (Fsp3) is 0.160. The highest BCUT2D eigenvalue weighted by atomic mass is 16.5. The Hall–Kier alpha value is -4.33. The van der Waals surface area contributed by atoms with Crippen LogP contribution < -0.4 is 25.9 Å². The second-order valence-electron chi connectivity index (χ2n) is 7.19. The van der Waals surface area contributed by atoms with Crippen LogP contribution in [0.2, 0.25) is 0 Å². The lowest BCUT2D eigenvalue weighted by molar-refractivity contribution is 0.102. The number of carbonyl (C=O) groups is 1. The lowest BCUT2D eigenvalue weighted by Crippen LogP contribution is -2.36. The molecule has 0 aliphatic rings. The van der Waals surface area contributed by atoms with E-state index >= 15 is 0 Å². The molecule has 4 aromatic rings. The number of aromatic nitrogens is 2. The van der Waals surface area contributed by atoms with Crippen molar-refractivity contribution in [3.63, 3.8) is 0 Å². The number of fused-ring (bicyclic) bond motifs is 1. The standard InChI is InChI=1S/C25H23N3O5/c1-3-28-21-14-9-16(15-20(21)27-24(30)25(28)31)23(29)26-19-7-5-6-8-22(19)33-18-12-10-17(11-13-18)32-4-2/h5-15H,3-4H2,1-2H3,(H,26,29)(H,27,30). The van der Waals surface area contributed by atoms with Gasteiger partial charge in [-0.15, -0.1) is 0 Å². The number of ether oxygens (including phenoxy) is 2. The van der Waals surface area contributed by atoms with Crippen molar-refractivity contribution in [1.82, 2.24) is 9.55 Å². The molecule has 33 heavy (non-hydrogen) atoms. The first-order valence-corrected chi connectivity index (χ1v) is 10.6. The summed E-state index contributed by atoms with van der Waals surface area (Å²) >= 11 is 0. The van der Waals surface area contributed by atoms with E-state index in [0.29, 0.717) is 46.9 Å². The Labute approximate surface area is 189 Å². The van der Waals surface area contributed by atoms with Gasteiger partial charge in [0.1, 0.15) is 11.5 Å². The van der Waals surface area contributed by atoms with Gasteiger partial charge in [-0.3, -0.25) is 14.4 Å². The van der Waals surface area contributed by atoms with Crippen LogP contribution in [0.3, 0.4) is 0 Å². The molecule has 0 atom stereocenters. The van der Waals surface area contributed by atoms with E-state index in [0.717, 1.165) is 5.75 Å². The predicted molar refractivity (Wildman–Crippen MR) is 127 cm³/mol. The van der Waals surface area contributed by atoms with Crippen molar-refractivity contribution in [2.45, 2.75) is 20.4 Å². The van der Waals surface area contributed by atoms with Crippen molar-refractivity contribution >= 4 is 22.6 Å². The molecule has 8 heteroatoms. The van der Waals surface area contributed by atoms with Crippen LogP contribution in [0.5, 0.6) is 17.2 Å². The van der Waals surface area contributed by atoms with E-state index < -0.39 is 11.1 Å². The number of hydrogen-bond acceptors (Lipinski definition) is 5. The van der Waals surface area contributed by atoms with Gasteiger partial charge in [0.15, 0.2) is 5.75 Å². The molecule has 2 N–H and O–H groups in total. The molecule has 0 saturated carbocycles. The third-order valence-electron chi connectivity index (χ3n) is 5.05. The van der Waals surface area contributed by atoms with Crippen LogP contribution in [0.15, 0.2) is 76.3 Å². The molecule has 168 valence electrons. The number of amides is 1. The Kier molecular flexibility index (Phi) is 6.26. The molecular formula is C25H23N3O5. The summed E-state index contributed by atoms with van der Waals surface area (Å²) in [5.74, 6) is 1.44. The van der Waals surface area contributed by atoms with Crippen LogP contribution in [0.25, 0.3) is 11.0 Å². The molecule has 8 nitrogen and oxygen atoms in total. The molecule has 0 fully saturated rings. The summed E-state index contributed by atoms with van der Waals surface area (Å²) in [5, 5.41) is 2.85. The van der Waals surface area contributed by atoms with Crippen molar-refractivity contribution in [2.24, 2.45) is 0 Å². The molecule has 4 rings (SSSR count). The van der Waals surface area contributed by atoms with Gasteiger partial charge in [0.05, 0.1) is 23.3 Å². The number of benzene rings is 3. The Morgan fingerprint density at radius 2 is 1.70 bits per heavy atom. The number of nitrogens with zero attached hydrogens (tertiary/aromatic N) is 1. The minimum Gasteiger partial charge on any atom is -0.494 e. The molecule has 0 saturated heterocycles. The minimum absolute atomic E-state index is 0.329. The summed E-state index contributed by atoms with van der Waals surface area (Å²) < 4.78 is 12.8. The Morgan fingerprint density at radius 1 is 0.970 bits per heavy atom. The topological polar surface area (TPSA) is 102 Å². The normalized spacial score (nSPS) is 10.7. The van der Waals surface area contributed by atoms with Gasteiger partial charge in [0.25, 0.3) is 5.91 Å². The number of anilines is 1. The van der Waals surface area contributed by atoms with Crippen molar-refractivity contribution in [2.75, 3.05) is 11.9 Å². The second-order valence-corrected chi connectivity index (χ2v) is 7.19. The number of hydrogen-bond donors (Lipinski definition) is 2. The number of aryl methyl sites for hydroxylation is 1. The number of H-pyrrole nitrogens is 1. The van der Waals surface area contributed by atoms with Crippen LogP contribution in [-0.4, -0.2) is 22.1 Å². The Morgan fingerprint density at radius 3 is 2.42 bits per heavy atom. The first-order valence-electron chi connectivity index (χ1n) is 10.6. The van der Waals surface area contributed by atoms with Crippen LogP contribution in [0, 0.1) is 0 Å². The van der Waals surface area contributed by atoms with Gasteiger partial charge in [0.2, 0.25) is 0 Å². The van der Waals surface area contributed by atoms with Crippen LogP contribution in [0.4, 0.5) is 5.69 Å². The summed E-state index contributed by atoms with van der Waals surface area (Å²) in [7, 11) is 0. The lowest BCUT2D eigenvalue weighted by atomic mass is 10.1. The molecule has 0 bridgehead atoms. The molecule has 0 radical (unpaired) electrons. The SMILES string of the molecule is CCOc1ccc(Oc2ccccc2NC(=O)c2ccc3c(c2)[nH]c(=O)c(=O)n3CC)cc1. The monoisotopic (exact) mass is 445 g/mol. The Bertz CT molecular complexity index is 1420. The average Bonchev–Trinajstić information content (AvgIpc) is 2.82. The molecule has 1 heterocycles. The highest BCUT2D eigenvalue weighted by Crippen LogP contribution is 2.30. The van der Waals surface area contributed by atoms with E-state index in [1.807, 2.05) is 25.1 Å². The number of nitrogens with one attached hydrogen (secondary N) is 2. The van der Waals surface area contributed by atoms with Gasteiger partial charge in [-0.1, -0.05) is 12.1 Å². The van der Waals surface area contributed by atoms with Gasteiger partial charge in [0, 0.05) is 12.1 Å². The smallest absolute Gasteiger partial charge is 0.316 e. The fourth-order valence-electron chi connectivity index (χ4n) is 3.49. The molecule has 1 amide bonds. The summed E-state index contributed by atoms with van der Waals surface area (Å²) in [6, 6.07) is 19.1. The predicted octanol–water partition coefficient (Wildman–Crippen LogP) is 4.15. The zero-order chi connectivity index (χ0) is 23.4. The molecule has 0 aliphatic heterocycles. The maximum Gasteiger partial charge on any atom is 0.316 e. The zero-order valence-corrected chi connectivity index (χ0v) is 18.3. The minimum atomic E-state index is -0.726. The lowest BCUT2D eigenvalue weighted by Gasteiger charge is -2.13. The molecule has 3 aromatic carbocycles. The highest BCUT2D eigenvalue weighted by Gasteiger charge is 2.13. The van der Waals surface area contributed by atoms with Gasteiger partial charge < -0.3 is 24.3 Å². The van der Waals surface area contributed by atoms with Crippen molar-refractivity contribution < 1.29 is 14.3 Å². The first kappa shape index (κ1) is 21.9. The van der Waals surface area contributed by atoms with Gasteiger partial charge >= 0.3 is 11.1 Å². The van der Waals surface area contributed by atoms with E-state index in [2.05, 4.69) is 10.3 Å². The van der Waals surface area contributed by atoms with E-state index in [1.165, 1.54) is 4.57 Å².